The summed E-state index contributed by atoms with van der Waals surface area (Å²) in [5.74, 6) is 0.390. The maximum absolute atomic E-state index is 11.7. The van der Waals surface area contributed by atoms with Crippen LogP contribution in [0.5, 0.6) is 0 Å². The Balaban J connectivity index is 2.14. The summed E-state index contributed by atoms with van der Waals surface area (Å²) >= 11 is 0. The molecule has 0 aromatic heterocycles. The number of carbonyl (C=O) groups is 1. The first-order valence-electron chi connectivity index (χ1n) is 6.34. The van der Waals surface area contributed by atoms with E-state index in [1.54, 1.807) is 0 Å². The molecule has 16 heavy (non-hydrogen) atoms. The van der Waals surface area contributed by atoms with E-state index in [4.69, 9.17) is 0 Å². The first kappa shape index (κ1) is 13.7. The fraction of sp³-hybridized carbons (Fsp3) is 0.923. The van der Waals surface area contributed by atoms with Crippen molar-refractivity contribution in [3.05, 3.63) is 0 Å². The van der Waals surface area contributed by atoms with Gasteiger partial charge in [-0.15, -0.1) is 0 Å². The van der Waals surface area contributed by atoms with Crippen molar-refractivity contribution in [3.8, 4) is 0 Å². The van der Waals surface area contributed by atoms with Crippen molar-refractivity contribution in [2.45, 2.75) is 33.6 Å². The molecule has 0 aromatic rings. The molecule has 0 aliphatic carbocycles. The van der Waals surface area contributed by atoms with Gasteiger partial charge >= 0.3 is 0 Å². The molecule has 0 N–H and O–H groups in total. The van der Waals surface area contributed by atoms with E-state index < -0.39 is 0 Å². The smallest absolute Gasteiger partial charge is 0.138 e. The average Bonchev–Trinajstić information content (AvgIpc) is 2.19. The molecule has 0 bridgehead atoms. The normalized spacial score (nSPS) is 20.0. The zero-order valence-corrected chi connectivity index (χ0v) is 11.3. The van der Waals surface area contributed by atoms with Gasteiger partial charge in [-0.25, -0.2) is 0 Å². The van der Waals surface area contributed by atoms with Gasteiger partial charge in [0.1, 0.15) is 5.78 Å². The van der Waals surface area contributed by atoms with E-state index in [9.17, 15) is 4.79 Å². The van der Waals surface area contributed by atoms with Gasteiger partial charge in [0.25, 0.3) is 0 Å². The Bertz CT molecular complexity index is 225. The van der Waals surface area contributed by atoms with Crippen molar-refractivity contribution in [2.75, 3.05) is 39.8 Å². The third kappa shape index (κ3) is 4.62. The maximum atomic E-state index is 11.7. The Labute approximate surface area is 99.8 Å². The van der Waals surface area contributed by atoms with Crippen LogP contribution in [0.4, 0.5) is 0 Å². The van der Waals surface area contributed by atoms with Gasteiger partial charge in [-0.3, -0.25) is 4.79 Å². The average molecular weight is 226 g/mol. The summed E-state index contributed by atoms with van der Waals surface area (Å²) in [6.07, 6.45) is 1.75. The number of ketones is 1. The van der Waals surface area contributed by atoms with E-state index in [-0.39, 0.29) is 5.41 Å². The highest BCUT2D eigenvalue weighted by molar-refractivity contribution is 5.83. The van der Waals surface area contributed by atoms with Gasteiger partial charge < -0.3 is 9.80 Å². The summed E-state index contributed by atoms with van der Waals surface area (Å²) < 4.78 is 0. The molecule has 94 valence electrons. The molecule has 1 heterocycles. The minimum atomic E-state index is -0.165. The fourth-order valence-corrected chi connectivity index (χ4v) is 1.91. The molecule has 0 saturated carbocycles. The van der Waals surface area contributed by atoms with Gasteiger partial charge in [-0.1, -0.05) is 20.8 Å². The predicted molar refractivity (Wildman–Crippen MR) is 67.6 cm³/mol. The van der Waals surface area contributed by atoms with Crippen molar-refractivity contribution in [1.29, 1.82) is 0 Å². The van der Waals surface area contributed by atoms with Gasteiger partial charge in [0, 0.05) is 38.0 Å². The lowest BCUT2D eigenvalue weighted by Crippen LogP contribution is -2.44. The number of Topliss-reactive ketones (excluding diaryl/α,β-unsaturated/α-hetero) is 1. The van der Waals surface area contributed by atoms with Crippen molar-refractivity contribution < 1.29 is 4.79 Å². The second-order valence-electron chi connectivity index (χ2n) is 5.92. The summed E-state index contributed by atoms with van der Waals surface area (Å²) in [5, 5.41) is 0. The molecule has 3 heteroatoms. The van der Waals surface area contributed by atoms with E-state index in [0.29, 0.717) is 5.78 Å². The number of carbonyl (C=O) groups excluding carboxylic acids is 1. The summed E-state index contributed by atoms with van der Waals surface area (Å²) in [6.45, 7) is 11.7. The SMILES string of the molecule is CN1CCN(CCCC(=O)C(C)(C)C)CC1. The molecule has 1 fully saturated rings. The third-order valence-electron chi connectivity index (χ3n) is 3.31. The van der Waals surface area contributed by atoms with Crippen LogP contribution in [0, 0.1) is 5.41 Å². The molecule has 1 aliphatic heterocycles. The van der Waals surface area contributed by atoms with Gasteiger partial charge in [0.05, 0.1) is 0 Å². The number of piperazine rings is 1. The Morgan fingerprint density at radius 2 is 1.69 bits per heavy atom. The lowest BCUT2D eigenvalue weighted by molar-refractivity contribution is -0.126. The van der Waals surface area contributed by atoms with Crippen LogP contribution < -0.4 is 0 Å². The minimum Gasteiger partial charge on any atom is -0.304 e. The van der Waals surface area contributed by atoms with Gasteiger partial charge in [0.15, 0.2) is 0 Å². The second-order valence-corrected chi connectivity index (χ2v) is 5.92. The van der Waals surface area contributed by atoms with Crippen LogP contribution in [-0.2, 0) is 4.79 Å². The van der Waals surface area contributed by atoms with Crippen LogP contribution >= 0.6 is 0 Å². The van der Waals surface area contributed by atoms with Crippen LogP contribution in [0.15, 0.2) is 0 Å². The summed E-state index contributed by atoms with van der Waals surface area (Å²) in [5.41, 5.74) is -0.165. The Morgan fingerprint density at radius 1 is 1.12 bits per heavy atom. The van der Waals surface area contributed by atoms with Crippen LogP contribution in [0.3, 0.4) is 0 Å². The predicted octanol–water partition coefficient (Wildman–Crippen LogP) is 1.63. The van der Waals surface area contributed by atoms with E-state index in [0.717, 1.165) is 45.6 Å². The topological polar surface area (TPSA) is 23.6 Å². The van der Waals surface area contributed by atoms with Crippen molar-refractivity contribution >= 4 is 5.78 Å². The maximum Gasteiger partial charge on any atom is 0.138 e. The quantitative estimate of drug-likeness (QED) is 0.728. The molecule has 0 amide bonds. The lowest BCUT2D eigenvalue weighted by Gasteiger charge is -2.32. The second kappa shape index (κ2) is 5.78. The fourth-order valence-electron chi connectivity index (χ4n) is 1.91. The first-order valence-corrected chi connectivity index (χ1v) is 6.34. The zero-order chi connectivity index (χ0) is 12.2. The van der Waals surface area contributed by atoms with E-state index in [1.807, 2.05) is 20.8 Å². The first-order chi connectivity index (χ1) is 7.39. The van der Waals surface area contributed by atoms with Gasteiger partial charge in [-0.2, -0.15) is 0 Å². The van der Waals surface area contributed by atoms with Crippen molar-refractivity contribution in [2.24, 2.45) is 5.41 Å². The molecule has 1 saturated heterocycles. The largest absolute Gasteiger partial charge is 0.304 e. The zero-order valence-electron chi connectivity index (χ0n) is 11.3. The Morgan fingerprint density at radius 3 is 2.19 bits per heavy atom. The third-order valence-corrected chi connectivity index (χ3v) is 3.31. The molecule has 0 atom stereocenters. The molecule has 0 radical (unpaired) electrons. The number of hydrogen-bond donors (Lipinski definition) is 0. The van der Waals surface area contributed by atoms with Gasteiger partial charge in [-0.05, 0) is 20.0 Å². The summed E-state index contributed by atoms with van der Waals surface area (Å²) in [4.78, 5) is 16.6. The Kier molecular flexibility index (Phi) is 4.93. The molecule has 0 spiro atoms. The molecule has 1 rings (SSSR count). The van der Waals surface area contributed by atoms with Crippen molar-refractivity contribution in [1.82, 2.24) is 9.80 Å². The highest BCUT2D eigenvalue weighted by Crippen LogP contribution is 2.17. The molecular weight excluding hydrogens is 200 g/mol. The summed E-state index contributed by atoms with van der Waals surface area (Å²) in [6, 6.07) is 0. The van der Waals surface area contributed by atoms with Gasteiger partial charge in [0.2, 0.25) is 0 Å². The van der Waals surface area contributed by atoms with E-state index in [1.165, 1.54) is 0 Å². The molecule has 1 aliphatic rings. The number of nitrogens with zero attached hydrogens (tertiary/aromatic N) is 2. The lowest BCUT2D eigenvalue weighted by atomic mass is 9.88. The molecular formula is C13H26N2O. The van der Waals surface area contributed by atoms with Crippen molar-refractivity contribution in [3.63, 3.8) is 0 Å². The highest BCUT2D eigenvalue weighted by atomic mass is 16.1. The summed E-state index contributed by atoms with van der Waals surface area (Å²) in [7, 11) is 2.17. The number of hydrogen-bond acceptors (Lipinski definition) is 3. The number of likely N-dealkylation sites (N-methyl/N-ethyl adjacent to an activating group) is 1. The van der Waals surface area contributed by atoms with E-state index >= 15 is 0 Å². The monoisotopic (exact) mass is 226 g/mol. The van der Waals surface area contributed by atoms with Crippen LogP contribution in [0.25, 0.3) is 0 Å². The molecule has 3 nitrogen and oxygen atoms in total. The molecule has 0 aromatic carbocycles. The standard InChI is InChI=1S/C13H26N2O/c1-13(2,3)12(16)6-5-7-15-10-8-14(4)9-11-15/h5-11H2,1-4H3. The van der Waals surface area contributed by atoms with Crippen LogP contribution in [0.1, 0.15) is 33.6 Å². The minimum absolute atomic E-state index is 0.165. The molecule has 0 unspecified atom stereocenters. The Hall–Kier alpha value is -0.410. The van der Waals surface area contributed by atoms with Crippen LogP contribution in [-0.4, -0.2) is 55.4 Å². The number of rotatable bonds is 4. The van der Waals surface area contributed by atoms with E-state index in [2.05, 4.69) is 16.8 Å². The van der Waals surface area contributed by atoms with Crippen LogP contribution in [0.2, 0.25) is 0 Å². The highest BCUT2D eigenvalue weighted by Gasteiger charge is 2.21.